The van der Waals surface area contributed by atoms with E-state index in [-0.39, 0.29) is 5.38 Å². The largest absolute Gasteiger partial charge is 0.113 e. The summed E-state index contributed by atoms with van der Waals surface area (Å²) in [5.74, 6) is 0. The number of benzene rings is 2. The predicted octanol–water partition coefficient (Wildman–Crippen LogP) is 5.29. The van der Waals surface area contributed by atoms with Gasteiger partial charge in [0.2, 0.25) is 0 Å². The van der Waals surface area contributed by atoms with Gasteiger partial charge in [0.25, 0.3) is 0 Å². The first-order valence-electron chi connectivity index (χ1n) is 5.54. The predicted molar refractivity (Wildman–Crippen MR) is 75.1 cm³/mol. The van der Waals surface area contributed by atoms with Crippen molar-refractivity contribution in [2.45, 2.75) is 19.2 Å². The van der Waals surface area contributed by atoms with Gasteiger partial charge in [0.1, 0.15) is 0 Å². The molecule has 0 spiro atoms. The topological polar surface area (TPSA) is 0 Å². The zero-order valence-corrected chi connectivity index (χ0v) is 11.4. The first kappa shape index (κ1) is 12.5. The summed E-state index contributed by atoms with van der Waals surface area (Å²) in [5.41, 5.74) is 4.50. The zero-order chi connectivity index (χ0) is 12.4. The highest BCUT2D eigenvalue weighted by Crippen LogP contribution is 2.31. The van der Waals surface area contributed by atoms with Crippen LogP contribution >= 0.6 is 23.2 Å². The number of halogens is 2. The van der Waals surface area contributed by atoms with Crippen molar-refractivity contribution < 1.29 is 0 Å². The highest BCUT2D eigenvalue weighted by molar-refractivity contribution is 6.31. The molecule has 0 bridgehead atoms. The Hall–Kier alpha value is -0.980. The van der Waals surface area contributed by atoms with Gasteiger partial charge in [-0.05, 0) is 42.7 Å². The molecule has 0 heterocycles. The Morgan fingerprint density at radius 3 is 2.06 bits per heavy atom. The summed E-state index contributed by atoms with van der Waals surface area (Å²) in [6.45, 7) is 4.09. The molecule has 1 atom stereocenters. The Labute approximate surface area is 112 Å². The molecule has 2 aromatic carbocycles. The minimum Gasteiger partial charge on any atom is -0.113 e. The molecular weight excluding hydrogens is 251 g/mol. The van der Waals surface area contributed by atoms with Crippen molar-refractivity contribution in [3.8, 4) is 0 Å². The highest BCUT2D eigenvalue weighted by Gasteiger charge is 2.11. The van der Waals surface area contributed by atoms with Gasteiger partial charge in [0, 0.05) is 5.02 Å². The van der Waals surface area contributed by atoms with Crippen molar-refractivity contribution in [1.29, 1.82) is 0 Å². The highest BCUT2D eigenvalue weighted by atomic mass is 35.5. The van der Waals surface area contributed by atoms with E-state index in [0.29, 0.717) is 0 Å². The molecule has 0 radical (unpaired) electrons. The van der Waals surface area contributed by atoms with E-state index in [1.807, 2.05) is 19.1 Å². The quantitative estimate of drug-likeness (QED) is 0.647. The molecule has 17 heavy (non-hydrogen) atoms. The SMILES string of the molecule is Cc1ccc(C(Cl)c2cc(C)cc(Cl)c2)cc1. The van der Waals surface area contributed by atoms with Gasteiger partial charge in [-0.25, -0.2) is 0 Å². The van der Waals surface area contributed by atoms with Crippen LogP contribution in [0.15, 0.2) is 42.5 Å². The molecule has 0 aromatic heterocycles. The van der Waals surface area contributed by atoms with Crippen molar-refractivity contribution >= 4 is 23.2 Å². The van der Waals surface area contributed by atoms with Crippen LogP contribution in [0.4, 0.5) is 0 Å². The average molecular weight is 265 g/mol. The Kier molecular flexibility index (Phi) is 3.76. The Morgan fingerprint density at radius 1 is 0.824 bits per heavy atom. The Balaban J connectivity index is 2.36. The molecule has 2 rings (SSSR count). The lowest BCUT2D eigenvalue weighted by Gasteiger charge is -2.12. The molecule has 0 aliphatic rings. The summed E-state index contributed by atoms with van der Waals surface area (Å²) < 4.78 is 0. The van der Waals surface area contributed by atoms with Crippen molar-refractivity contribution in [3.05, 3.63) is 69.7 Å². The molecule has 2 heteroatoms. The second-order valence-corrected chi connectivity index (χ2v) is 5.21. The van der Waals surface area contributed by atoms with Crippen LogP contribution in [0.1, 0.15) is 27.6 Å². The van der Waals surface area contributed by atoms with Crippen LogP contribution in [-0.2, 0) is 0 Å². The van der Waals surface area contributed by atoms with E-state index in [2.05, 4.69) is 37.3 Å². The van der Waals surface area contributed by atoms with Gasteiger partial charge < -0.3 is 0 Å². The summed E-state index contributed by atoms with van der Waals surface area (Å²) in [5, 5.41) is 0.589. The van der Waals surface area contributed by atoms with Crippen molar-refractivity contribution in [2.75, 3.05) is 0 Å². The number of rotatable bonds is 2. The van der Waals surface area contributed by atoms with Gasteiger partial charge >= 0.3 is 0 Å². The van der Waals surface area contributed by atoms with Crippen LogP contribution in [-0.4, -0.2) is 0 Å². The van der Waals surface area contributed by atoms with E-state index in [9.17, 15) is 0 Å². The van der Waals surface area contributed by atoms with E-state index in [0.717, 1.165) is 21.7 Å². The summed E-state index contributed by atoms with van der Waals surface area (Å²) in [7, 11) is 0. The summed E-state index contributed by atoms with van der Waals surface area (Å²) in [6.07, 6.45) is 0. The van der Waals surface area contributed by atoms with Gasteiger partial charge in [-0.15, -0.1) is 11.6 Å². The number of aryl methyl sites for hydroxylation is 2. The lowest BCUT2D eigenvalue weighted by atomic mass is 10.0. The fourth-order valence-electron chi connectivity index (χ4n) is 1.84. The fraction of sp³-hybridized carbons (Fsp3) is 0.200. The minimum atomic E-state index is -0.145. The van der Waals surface area contributed by atoms with Gasteiger partial charge in [-0.2, -0.15) is 0 Å². The van der Waals surface area contributed by atoms with Crippen molar-refractivity contribution in [1.82, 2.24) is 0 Å². The maximum absolute atomic E-state index is 6.47. The number of hydrogen-bond donors (Lipinski definition) is 0. The average Bonchev–Trinajstić information content (AvgIpc) is 2.28. The summed E-state index contributed by atoms with van der Waals surface area (Å²) in [6, 6.07) is 14.2. The monoisotopic (exact) mass is 264 g/mol. The second kappa shape index (κ2) is 5.12. The van der Waals surface area contributed by atoms with Crippen LogP contribution in [0.5, 0.6) is 0 Å². The standard InChI is InChI=1S/C15H14Cl2/c1-10-3-5-12(6-4-10)15(17)13-7-11(2)8-14(16)9-13/h3-9,15H,1-2H3. The smallest absolute Gasteiger partial charge is 0.0836 e. The Bertz CT molecular complexity index is 495. The molecule has 0 nitrogen and oxygen atoms in total. The van der Waals surface area contributed by atoms with Gasteiger partial charge in [0.15, 0.2) is 0 Å². The lowest BCUT2D eigenvalue weighted by Crippen LogP contribution is -1.94. The minimum absolute atomic E-state index is 0.145. The molecule has 0 saturated heterocycles. The van der Waals surface area contributed by atoms with E-state index >= 15 is 0 Å². The molecular formula is C15H14Cl2. The molecule has 1 unspecified atom stereocenters. The van der Waals surface area contributed by atoms with E-state index in [4.69, 9.17) is 23.2 Å². The third-order valence-electron chi connectivity index (χ3n) is 2.73. The van der Waals surface area contributed by atoms with Crippen LogP contribution in [0.25, 0.3) is 0 Å². The van der Waals surface area contributed by atoms with E-state index in [1.54, 1.807) is 0 Å². The van der Waals surface area contributed by atoms with Crippen LogP contribution in [0.3, 0.4) is 0 Å². The third kappa shape index (κ3) is 3.02. The molecule has 0 aliphatic heterocycles. The maximum atomic E-state index is 6.47. The van der Waals surface area contributed by atoms with Crippen LogP contribution in [0.2, 0.25) is 5.02 Å². The van der Waals surface area contributed by atoms with E-state index < -0.39 is 0 Å². The van der Waals surface area contributed by atoms with Gasteiger partial charge in [-0.3, -0.25) is 0 Å². The lowest BCUT2D eigenvalue weighted by molar-refractivity contribution is 1.13. The molecule has 0 amide bonds. The molecule has 0 fully saturated rings. The molecule has 0 aliphatic carbocycles. The third-order valence-corrected chi connectivity index (χ3v) is 3.45. The fourth-order valence-corrected chi connectivity index (χ4v) is 2.41. The number of hydrogen-bond acceptors (Lipinski definition) is 0. The maximum Gasteiger partial charge on any atom is 0.0836 e. The molecule has 88 valence electrons. The van der Waals surface area contributed by atoms with Gasteiger partial charge in [-0.1, -0.05) is 47.5 Å². The van der Waals surface area contributed by atoms with Crippen LogP contribution in [0, 0.1) is 13.8 Å². The number of alkyl halides is 1. The van der Waals surface area contributed by atoms with E-state index in [1.165, 1.54) is 5.56 Å². The normalized spacial score (nSPS) is 12.5. The molecule has 2 aromatic rings. The first-order valence-corrected chi connectivity index (χ1v) is 6.35. The molecule has 0 saturated carbocycles. The summed E-state index contributed by atoms with van der Waals surface area (Å²) in [4.78, 5) is 0. The first-order chi connectivity index (χ1) is 8.06. The van der Waals surface area contributed by atoms with Crippen molar-refractivity contribution in [2.24, 2.45) is 0 Å². The Morgan fingerprint density at radius 2 is 1.47 bits per heavy atom. The second-order valence-electron chi connectivity index (χ2n) is 4.34. The zero-order valence-electron chi connectivity index (χ0n) is 9.87. The summed E-state index contributed by atoms with van der Waals surface area (Å²) >= 11 is 12.5. The molecule has 0 N–H and O–H groups in total. The van der Waals surface area contributed by atoms with Crippen molar-refractivity contribution in [3.63, 3.8) is 0 Å². The van der Waals surface area contributed by atoms with Crippen LogP contribution < -0.4 is 0 Å². The van der Waals surface area contributed by atoms with Gasteiger partial charge in [0.05, 0.1) is 5.38 Å².